The molecule has 2 heterocycles. The van der Waals surface area contributed by atoms with Crippen molar-refractivity contribution in [3.63, 3.8) is 0 Å². The number of rotatable bonds is 2. The average molecular weight is 188 g/mol. The highest BCUT2D eigenvalue weighted by Gasteiger charge is 2.01. The van der Waals surface area contributed by atoms with Gasteiger partial charge in [-0.1, -0.05) is 0 Å². The van der Waals surface area contributed by atoms with E-state index < -0.39 is 0 Å². The topological polar surface area (TPSA) is 44.3 Å². The number of pyridine rings is 1. The minimum Gasteiger partial charge on any atom is -0.360 e. The highest BCUT2D eigenvalue weighted by molar-refractivity contribution is 5.82. The van der Waals surface area contributed by atoms with Crippen LogP contribution in [0.2, 0.25) is 0 Å². The maximum atomic E-state index is 4.46. The molecule has 0 aliphatic carbocycles. The summed E-state index contributed by atoms with van der Waals surface area (Å²) in [5.41, 5.74) is 2.02. The van der Waals surface area contributed by atoms with Gasteiger partial charge in [-0.3, -0.25) is 4.99 Å². The first kappa shape index (κ1) is 8.74. The quantitative estimate of drug-likeness (QED) is 0.575. The maximum Gasteiger partial charge on any atom is 0.134 e. The van der Waals surface area contributed by atoms with Gasteiger partial charge in [0.2, 0.25) is 0 Å². The zero-order valence-electron chi connectivity index (χ0n) is 8.23. The summed E-state index contributed by atoms with van der Waals surface area (Å²) in [5, 5.41) is 0. The van der Waals surface area contributed by atoms with E-state index in [2.05, 4.69) is 15.0 Å². The lowest BCUT2D eigenvalue weighted by Gasteiger charge is -2.10. The Labute approximate surface area is 82.3 Å². The van der Waals surface area contributed by atoms with Crippen molar-refractivity contribution < 1.29 is 0 Å². The van der Waals surface area contributed by atoms with Crippen molar-refractivity contribution >= 4 is 23.2 Å². The van der Waals surface area contributed by atoms with Crippen LogP contribution in [0.25, 0.3) is 11.0 Å². The van der Waals surface area contributed by atoms with Gasteiger partial charge in [0.1, 0.15) is 5.82 Å². The second kappa shape index (κ2) is 3.49. The third-order valence-electron chi connectivity index (χ3n) is 2.04. The van der Waals surface area contributed by atoms with E-state index in [0.717, 1.165) is 16.9 Å². The summed E-state index contributed by atoms with van der Waals surface area (Å²) >= 11 is 0. The molecule has 0 atom stereocenters. The molecule has 0 aliphatic rings. The van der Waals surface area contributed by atoms with Crippen LogP contribution >= 0.6 is 0 Å². The first-order valence-electron chi connectivity index (χ1n) is 4.40. The van der Waals surface area contributed by atoms with E-state index in [0.29, 0.717) is 0 Å². The normalized spacial score (nSPS) is 11.3. The predicted octanol–water partition coefficient (Wildman–Crippen LogP) is 1.66. The molecule has 2 aromatic rings. The van der Waals surface area contributed by atoms with Gasteiger partial charge < -0.3 is 9.88 Å². The molecule has 0 aliphatic heterocycles. The molecule has 1 N–H and O–H groups in total. The third kappa shape index (κ3) is 1.46. The monoisotopic (exact) mass is 188 g/mol. The third-order valence-corrected chi connectivity index (χ3v) is 2.04. The fourth-order valence-electron chi connectivity index (χ4n) is 1.35. The number of hydrogen-bond donors (Lipinski definition) is 1. The van der Waals surface area contributed by atoms with Gasteiger partial charge in [0.05, 0.1) is 17.4 Å². The number of H-pyrrole nitrogens is 1. The fourth-order valence-corrected chi connectivity index (χ4v) is 1.35. The SMILES string of the molecule is CN=CN(C)c1ccc2[nH]ccc2n1. The number of aromatic nitrogens is 2. The van der Waals surface area contributed by atoms with Crippen LogP contribution in [0.4, 0.5) is 5.82 Å². The van der Waals surface area contributed by atoms with Gasteiger partial charge in [0.15, 0.2) is 0 Å². The fraction of sp³-hybridized carbons (Fsp3) is 0.200. The van der Waals surface area contributed by atoms with Gasteiger partial charge in [0, 0.05) is 20.3 Å². The molecule has 0 saturated heterocycles. The standard InChI is InChI=1S/C10H12N4/c1-11-7-14(2)10-4-3-8-9(13-10)5-6-12-8/h3-7,12H,1-2H3. The first-order chi connectivity index (χ1) is 6.81. The minimum absolute atomic E-state index is 0.891. The van der Waals surface area contributed by atoms with Gasteiger partial charge in [-0.15, -0.1) is 0 Å². The number of nitrogens with zero attached hydrogens (tertiary/aromatic N) is 3. The summed E-state index contributed by atoms with van der Waals surface area (Å²) < 4.78 is 0. The van der Waals surface area contributed by atoms with Crippen molar-refractivity contribution in [2.75, 3.05) is 19.0 Å². The van der Waals surface area contributed by atoms with Crippen molar-refractivity contribution in [2.45, 2.75) is 0 Å². The average Bonchev–Trinajstić information content (AvgIpc) is 2.64. The minimum atomic E-state index is 0.891. The number of nitrogens with one attached hydrogen (secondary N) is 1. The molecule has 0 unspecified atom stereocenters. The van der Waals surface area contributed by atoms with Crippen LogP contribution in [0.1, 0.15) is 0 Å². The van der Waals surface area contributed by atoms with Gasteiger partial charge in [-0.25, -0.2) is 4.98 Å². The molecule has 4 heteroatoms. The second-order valence-electron chi connectivity index (χ2n) is 3.06. The smallest absolute Gasteiger partial charge is 0.134 e. The Bertz CT molecular complexity index is 458. The van der Waals surface area contributed by atoms with Gasteiger partial charge in [-0.2, -0.15) is 0 Å². The van der Waals surface area contributed by atoms with Crippen molar-refractivity contribution in [1.82, 2.24) is 9.97 Å². The molecule has 0 amide bonds. The lowest BCUT2D eigenvalue weighted by atomic mass is 10.3. The Hall–Kier alpha value is -1.84. The molecule has 0 radical (unpaired) electrons. The van der Waals surface area contributed by atoms with Gasteiger partial charge in [-0.05, 0) is 18.2 Å². The Morgan fingerprint density at radius 1 is 1.43 bits per heavy atom. The second-order valence-corrected chi connectivity index (χ2v) is 3.06. The molecule has 0 aromatic carbocycles. The number of aliphatic imine (C=N–C) groups is 1. The van der Waals surface area contributed by atoms with Crippen LogP contribution in [0.15, 0.2) is 29.4 Å². The van der Waals surface area contributed by atoms with Crippen molar-refractivity contribution in [2.24, 2.45) is 4.99 Å². The van der Waals surface area contributed by atoms with Crippen LogP contribution in [-0.2, 0) is 0 Å². The van der Waals surface area contributed by atoms with E-state index in [4.69, 9.17) is 0 Å². The Kier molecular flexibility index (Phi) is 2.18. The number of fused-ring (bicyclic) bond motifs is 1. The maximum absolute atomic E-state index is 4.46. The Balaban J connectivity index is 2.43. The largest absolute Gasteiger partial charge is 0.360 e. The van der Waals surface area contributed by atoms with E-state index in [-0.39, 0.29) is 0 Å². The highest BCUT2D eigenvalue weighted by Crippen LogP contribution is 2.14. The number of hydrogen-bond acceptors (Lipinski definition) is 2. The molecule has 2 aromatic heterocycles. The van der Waals surface area contributed by atoms with Crippen LogP contribution in [-0.4, -0.2) is 30.4 Å². The van der Waals surface area contributed by atoms with Gasteiger partial charge >= 0.3 is 0 Å². The molecular formula is C10H12N4. The van der Waals surface area contributed by atoms with Crippen LogP contribution in [0.3, 0.4) is 0 Å². The summed E-state index contributed by atoms with van der Waals surface area (Å²) in [6.45, 7) is 0. The van der Waals surface area contributed by atoms with E-state index in [1.807, 2.05) is 36.3 Å². The van der Waals surface area contributed by atoms with Crippen molar-refractivity contribution in [3.05, 3.63) is 24.4 Å². The summed E-state index contributed by atoms with van der Waals surface area (Å²) in [4.78, 5) is 13.4. The number of anilines is 1. The zero-order chi connectivity index (χ0) is 9.97. The summed E-state index contributed by atoms with van der Waals surface area (Å²) in [6.07, 6.45) is 3.62. The highest BCUT2D eigenvalue weighted by atomic mass is 15.2. The Morgan fingerprint density at radius 2 is 2.29 bits per heavy atom. The molecule has 0 fully saturated rings. The molecule has 4 nitrogen and oxygen atoms in total. The zero-order valence-corrected chi connectivity index (χ0v) is 8.23. The summed E-state index contributed by atoms with van der Waals surface area (Å²) in [5.74, 6) is 0.891. The van der Waals surface area contributed by atoms with Crippen LogP contribution < -0.4 is 4.90 Å². The van der Waals surface area contributed by atoms with E-state index in [9.17, 15) is 0 Å². The number of aromatic amines is 1. The summed E-state index contributed by atoms with van der Waals surface area (Å²) in [7, 11) is 3.67. The molecular weight excluding hydrogens is 176 g/mol. The molecule has 0 bridgehead atoms. The first-order valence-corrected chi connectivity index (χ1v) is 4.40. The molecule has 72 valence electrons. The van der Waals surface area contributed by atoms with Crippen LogP contribution in [0.5, 0.6) is 0 Å². The van der Waals surface area contributed by atoms with Gasteiger partial charge in [0.25, 0.3) is 0 Å². The molecule has 14 heavy (non-hydrogen) atoms. The lowest BCUT2D eigenvalue weighted by Crippen LogP contribution is -2.15. The van der Waals surface area contributed by atoms with Crippen molar-refractivity contribution in [3.8, 4) is 0 Å². The van der Waals surface area contributed by atoms with E-state index in [1.54, 1.807) is 13.4 Å². The van der Waals surface area contributed by atoms with Crippen molar-refractivity contribution in [1.29, 1.82) is 0 Å². The van der Waals surface area contributed by atoms with E-state index in [1.165, 1.54) is 0 Å². The summed E-state index contributed by atoms with van der Waals surface area (Å²) in [6, 6.07) is 5.92. The lowest BCUT2D eigenvalue weighted by molar-refractivity contribution is 1.20. The predicted molar refractivity (Wildman–Crippen MR) is 58.9 cm³/mol. The molecule has 0 spiro atoms. The van der Waals surface area contributed by atoms with E-state index >= 15 is 0 Å². The van der Waals surface area contributed by atoms with Crippen LogP contribution in [0, 0.1) is 0 Å². The Morgan fingerprint density at radius 3 is 3.07 bits per heavy atom. The molecule has 0 saturated carbocycles. The molecule has 2 rings (SSSR count).